The van der Waals surface area contributed by atoms with Gasteiger partial charge in [-0.3, -0.25) is 9.78 Å². The number of amides is 1. The zero-order valence-corrected chi connectivity index (χ0v) is 11.6. The number of carbonyl (C=O) groups excluding carboxylic acids is 1. The number of nitrogens with zero attached hydrogens (tertiary/aromatic N) is 1. The van der Waals surface area contributed by atoms with Gasteiger partial charge in [0.2, 0.25) is 0 Å². The molecule has 102 valence electrons. The highest BCUT2D eigenvalue weighted by Crippen LogP contribution is 2.28. The number of ether oxygens (including phenoxy) is 1. The second kappa shape index (κ2) is 6.12. The first kappa shape index (κ1) is 14.0. The lowest BCUT2D eigenvalue weighted by Gasteiger charge is -2.14. The molecule has 2 rings (SSSR count). The molecule has 0 saturated carbocycles. The highest BCUT2D eigenvalue weighted by Gasteiger charge is 2.14. The summed E-state index contributed by atoms with van der Waals surface area (Å²) >= 11 is 4.99. The summed E-state index contributed by atoms with van der Waals surface area (Å²) in [5, 5.41) is 2.77. The molecule has 3 N–H and O–H groups in total. The number of para-hydroxylation sites is 1. The first-order valence-electron chi connectivity index (χ1n) is 5.81. The quantitative estimate of drug-likeness (QED) is 0.841. The van der Waals surface area contributed by atoms with Crippen LogP contribution in [-0.2, 0) is 0 Å². The predicted octanol–water partition coefficient (Wildman–Crippen LogP) is 1.98. The standard InChI is InChI=1S/C14H13N3O2S/c1-19-11-4-2-3-10(13(15)20)12(11)17-14(18)9-5-7-16-8-6-9/h2-8H,1H3,(H2,15,20)(H,17,18). The van der Waals surface area contributed by atoms with E-state index in [4.69, 9.17) is 22.7 Å². The minimum Gasteiger partial charge on any atom is -0.495 e. The van der Waals surface area contributed by atoms with Gasteiger partial charge in [0.1, 0.15) is 10.7 Å². The number of thiocarbonyl (C=S) groups is 1. The number of hydrogen-bond donors (Lipinski definition) is 2. The van der Waals surface area contributed by atoms with Gasteiger partial charge in [-0.1, -0.05) is 18.3 Å². The van der Waals surface area contributed by atoms with Gasteiger partial charge in [-0.05, 0) is 24.3 Å². The van der Waals surface area contributed by atoms with Gasteiger partial charge in [0.05, 0.1) is 12.8 Å². The summed E-state index contributed by atoms with van der Waals surface area (Å²) in [4.78, 5) is 16.2. The number of hydrogen-bond acceptors (Lipinski definition) is 4. The molecule has 6 heteroatoms. The van der Waals surface area contributed by atoms with Crippen molar-refractivity contribution in [3.05, 3.63) is 53.9 Å². The molecule has 20 heavy (non-hydrogen) atoms. The third-order valence-electron chi connectivity index (χ3n) is 2.69. The molecule has 0 saturated heterocycles. The van der Waals surface area contributed by atoms with E-state index in [0.717, 1.165) is 0 Å². The van der Waals surface area contributed by atoms with Crippen LogP contribution in [0, 0.1) is 0 Å². The van der Waals surface area contributed by atoms with Gasteiger partial charge in [0, 0.05) is 23.5 Å². The summed E-state index contributed by atoms with van der Waals surface area (Å²) in [6.45, 7) is 0. The van der Waals surface area contributed by atoms with Crippen molar-refractivity contribution in [2.24, 2.45) is 5.73 Å². The number of carbonyl (C=O) groups is 1. The molecule has 0 atom stereocenters. The van der Waals surface area contributed by atoms with E-state index in [0.29, 0.717) is 22.6 Å². The van der Waals surface area contributed by atoms with Crippen molar-refractivity contribution >= 4 is 28.8 Å². The van der Waals surface area contributed by atoms with Crippen LogP contribution in [0.25, 0.3) is 0 Å². The maximum Gasteiger partial charge on any atom is 0.255 e. The fourth-order valence-corrected chi connectivity index (χ4v) is 1.89. The number of anilines is 1. The van der Waals surface area contributed by atoms with Crippen molar-refractivity contribution in [1.29, 1.82) is 0 Å². The molecule has 0 spiro atoms. The average Bonchev–Trinajstić information content (AvgIpc) is 2.48. The van der Waals surface area contributed by atoms with Crippen molar-refractivity contribution in [2.45, 2.75) is 0 Å². The van der Waals surface area contributed by atoms with Crippen LogP contribution in [0.2, 0.25) is 0 Å². The summed E-state index contributed by atoms with van der Waals surface area (Å²) in [5.41, 5.74) is 7.17. The predicted molar refractivity (Wildman–Crippen MR) is 81.1 cm³/mol. The minimum atomic E-state index is -0.283. The normalized spacial score (nSPS) is 9.85. The Bertz CT molecular complexity index is 644. The van der Waals surface area contributed by atoms with Gasteiger partial charge >= 0.3 is 0 Å². The van der Waals surface area contributed by atoms with E-state index < -0.39 is 0 Å². The highest BCUT2D eigenvalue weighted by molar-refractivity contribution is 7.80. The van der Waals surface area contributed by atoms with Crippen LogP contribution in [0.15, 0.2) is 42.7 Å². The van der Waals surface area contributed by atoms with Crippen LogP contribution in [0.5, 0.6) is 5.75 Å². The number of nitrogens with two attached hydrogens (primary N) is 1. The molecule has 0 bridgehead atoms. The SMILES string of the molecule is COc1cccc(C(N)=S)c1NC(=O)c1ccncc1. The fraction of sp³-hybridized carbons (Fsp3) is 0.0714. The van der Waals surface area contributed by atoms with Crippen LogP contribution in [0.4, 0.5) is 5.69 Å². The zero-order valence-electron chi connectivity index (χ0n) is 10.8. The largest absolute Gasteiger partial charge is 0.495 e. The second-order valence-electron chi connectivity index (χ2n) is 3.94. The van der Waals surface area contributed by atoms with Crippen LogP contribution in [-0.4, -0.2) is 23.0 Å². The Morgan fingerprint density at radius 2 is 2.00 bits per heavy atom. The summed E-state index contributed by atoms with van der Waals surface area (Å²) in [7, 11) is 1.51. The number of pyridine rings is 1. The van der Waals surface area contributed by atoms with Crippen LogP contribution < -0.4 is 15.8 Å². The van der Waals surface area contributed by atoms with E-state index in [1.165, 1.54) is 7.11 Å². The van der Waals surface area contributed by atoms with E-state index in [-0.39, 0.29) is 10.9 Å². The lowest BCUT2D eigenvalue weighted by atomic mass is 10.1. The first-order chi connectivity index (χ1) is 9.63. The van der Waals surface area contributed by atoms with Gasteiger partial charge < -0.3 is 15.8 Å². The number of rotatable bonds is 4. The Kier molecular flexibility index (Phi) is 4.27. The van der Waals surface area contributed by atoms with Crippen molar-refractivity contribution in [1.82, 2.24) is 4.98 Å². The Hall–Kier alpha value is -2.47. The molecular formula is C14H13N3O2S. The Morgan fingerprint density at radius 1 is 1.30 bits per heavy atom. The van der Waals surface area contributed by atoms with E-state index in [9.17, 15) is 4.79 Å². The van der Waals surface area contributed by atoms with Gasteiger partial charge in [0.25, 0.3) is 5.91 Å². The first-order valence-corrected chi connectivity index (χ1v) is 6.22. The molecule has 1 aromatic carbocycles. The molecule has 0 unspecified atom stereocenters. The second-order valence-corrected chi connectivity index (χ2v) is 4.38. The molecule has 0 aliphatic rings. The maximum absolute atomic E-state index is 12.2. The molecular weight excluding hydrogens is 274 g/mol. The van der Waals surface area contributed by atoms with Crippen molar-refractivity contribution < 1.29 is 9.53 Å². The number of nitrogens with one attached hydrogen (secondary N) is 1. The molecule has 1 aromatic heterocycles. The van der Waals surface area contributed by atoms with Crippen LogP contribution in [0.3, 0.4) is 0 Å². The van der Waals surface area contributed by atoms with Crippen LogP contribution >= 0.6 is 12.2 Å². The van der Waals surface area contributed by atoms with Gasteiger partial charge in [-0.25, -0.2) is 0 Å². The maximum atomic E-state index is 12.2. The molecule has 0 aliphatic carbocycles. The summed E-state index contributed by atoms with van der Waals surface area (Å²) in [6, 6.07) is 8.45. The van der Waals surface area contributed by atoms with Crippen LogP contribution in [0.1, 0.15) is 15.9 Å². The monoisotopic (exact) mass is 287 g/mol. The Morgan fingerprint density at radius 3 is 2.60 bits per heavy atom. The average molecular weight is 287 g/mol. The number of aromatic nitrogens is 1. The molecule has 2 aromatic rings. The van der Waals surface area contributed by atoms with Gasteiger partial charge in [-0.15, -0.1) is 0 Å². The van der Waals surface area contributed by atoms with E-state index in [1.807, 2.05) is 0 Å². The van der Waals surface area contributed by atoms with E-state index in [1.54, 1.807) is 42.7 Å². The van der Waals surface area contributed by atoms with Crippen molar-refractivity contribution in [3.8, 4) is 5.75 Å². The van der Waals surface area contributed by atoms with Gasteiger partial charge in [0.15, 0.2) is 0 Å². The number of methoxy groups -OCH3 is 1. The van der Waals surface area contributed by atoms with Crippen molar-refractivity contribution in [2.75, 3.05) is 12.4 Å². The summed E-state index contributed by atoms with van der Waals surface area (Å²) < 4.78 is 5.23. The fourth-order valence-electron chi connectivity index (χ4n) is 1.72. The minimum absolute atomic E-state index is 0.189. The molecule has 0 aliphatic heterocycles. The molecule has 1 heterocycles. The smallest absolute Gasteiger partial charge is 0.255 e. The van der Waals surface area contributed by atoms with E-state index in [2.05, 4.69) is 10.3 Å². The third-order valence-corrected chi connectivity index (χ3v) is 2.91. The lowest BCUT2D eigenvalue weighted by molar-refractivity contribution is 0.102. The summed E-state index contributed by atoms with van der Waals surface area (Å²) in [5.74, 6) is 0.215. The molecule has 0 fully saturated rings. The van der Waals surface area contributed by atoms with E-state index >= 15 is 0 Å². The summed E-state index contributed by atoms with van der Waals surface area (Å²) in [6.07, 6.45) is 3.09. The molecule has 0 radical (unpaired) electrons. The Balaban J connectivity index is 2.38. The third kappa shape index (κ3) is 2.92. The zero-order chi connectivity index (χ0) is 14.5. The number of benzene rings is 1. The Labute approximate surface area is 121 Å². The topological polar surface area (TPSA) is 77.2 Å². The molecule has 1 amide bonds. The van der Waals surface area contributed by atoms with Gasteiger partial charge in [-0.2, -0.15) is 0 Å². The van der Waals surface area contributed by atoms with Crippen molar-refractivity contribution in [3.63, 3.8) is 0 Å². The molecule has 5 nitrogen and oxygen atoms in total. The highest BCUT2D eigenvalue weighted by atomic mass is 32.1. The lowest BCUT2D eigenvalue weighted by Crippen LogP contribution is -2.18.